The second-order valence-corrected chi connectivity index (χ2v) is 8.60. The number of rotatable bonds is 3. The third-order valence-corrected chi connectivity index (χ3v) is 6.80. The Morgan fingerprint density at radius 1 is 1.06 bits per heavy atom. The van der Waals surface area contributed by atoms with Crippen LogP contribution < -0.4 is 5.73 Å². The largest absolute Gasteiger partial charge is 0.330 e. The summed E-state index contributed by atoms with van der Waals surface area (Å²) in [6.45, 7) is 8.38. The lowest BCUT2D eigenvalue weighted by Crippen LogP contribution is -2.55. The Balaban J connectivity index is 1.80. The molecule has 2 unspecified atom stereocenters. The molecule has 4 bridgehead atoms. The normalized spacial score (nSPS) is 46.7. The Hall–Kier alpha value is -0.0400. The third kappa shape index (κ3) is 1.85. The van der Waals surface area contributed by atoms with E-state index in [0.717, 1.165) is 30.2 Å². The lowest BCUT2D eigenvalue weighted by atomic mass is 9.41. The fourth-order valence-electron chi connectivity index (χ4n) is 5.87. The van der Waals surface area contributed by atoms with Gasteiger partial charge in [0.1, 0.15) is 0 Å². The topological polar surface area (TPSA) is 26.0 Å². The van der Waals surface area contributed by atoms with Crippen LogP contribution in [0.25, 0.3) is 0 Å². The molecule has 0 heterocycles. The fraction of sp³-hybridized carbons (Fsp3) is 1.00. The van der Waals surface area contributed by atoms with Gasteiger partial charge < -0.3 is 5.73 Å². The molecule has 4 rings (SSSR count). The molecule has 0 aromatic heterocycles. The van der Waals surface area contributed by atoms with Crippen molar-refractivity contribution in [3.8, 4) is 0 Å². The van der Waals surface area contributed by atoms with Crippen molar-refractivity contribution in [1.29, 1.82) is 0 Å². The summed E-state index contributed by atoms with van der Waals surface area (Å²) < 4.78 is 0. The SMILES string of the molecule is CC(C)(C)C12CC3CC(C1)C(CCCN)C(C3)C2. The van der Waals surface area contributed by atoms with E-state index < -0.39 is 0 Å². The molecule has 2 atom stereocenters. The number of nitrogens with two attached hydrogens (primary N) is 1. The van der Waals surface area contributed by atoms with E-state index in [-0.39, 0.29) is 0 Å². The summed E-state index contributed by atoms with van der Waals surface area (Å²) in [6, 6.07) is 0. The molecule has 104 valence electrons. The Morgan fingerprint density at radius 3 is 2.17 bits per heavy atom. The Kier molecular flexibility index (Phi) is 3.05. The van der Waals surface area contributed by atoms with Crippen LogP contribution in [0, 0.1) is 34.5 Å². The molecule has 4 fully saturated rings. The molecular formula is C17H31N. The quantitative estimate of drug-likeness (QED) is 0.796. The van der Waals surface area contributed by atoms with Crippen LogP contribution in [0.4, 0.5) is 0 Å². The molecule has 18 heavy (non-hydrogen) atoms. The van der Waals surface area contributed by atoms with Crippen LogP contribution in [-0.2, 0) is 0 Å². The second-order valence-electron chi connectivity index (χ2n) is 8.60. The van der Waals surface area contributed by atoms with Gasteiger partial charge in [0.2, 0.25) is 0 Å². The molecule has 1 heteroatoms. The summed E-state index contributed by atoms with van der Waals surface area (Å²) >= 11 is 0. The van der Waals surface area contributed by atoms with Gasteiger partial charge in [-0.2, -0.15) is 0 Å². The summed E-state index contributed by atoms with van der Waals surface area (Å²) in [5, 5.41) is 0. The highest BCUT2D eigenvalue weighted by atomic mass is 14.6. The number of hydrogen-bond acceptors (Lipinski definition) is 1. The standard InChI is InChI=1S/C17H31N/c1-16(2,3)17-9-12-7-13(10-17)15(5-4-6-18)14(8-12)11-17/h12-15H,4-11,18H2,1-3H3. The van der Waals surface area contributed by atoms with E-state index in [1.54, 1.807) is 12.8 Å². The Labute approximate surface area is 113 Å². The second kappa shape index (κ2) is 4.23. The monoisotopic (exact) mass is 249 g/mol. The average Bonchev–Trinajstić information content (AvgIpc) is 2.26. The zero-order valence-corrected chi connectivity index (χ0v) is 12.5. The maximum atomic E-state index is 5.73. The molecule has 4 aliphatic rings. The first-order valence-electron chi connectivity index (χ1n) is 8.15. The maximum absolute atomic E-state index is 5.73. The van der Waals surface area contributed by atoms with E-state index >= 15 is 0 Å². The van der Waals surface area contributed by atoms with Crippen molar-refractivity contribution in [1.82, 2.24) is 0 Å². The highest BCUT2D eigenvalue weighted by Crippen LogP contribution is 2.67. The van der Waals surface area contributed by atoms with E-state index in [2.05, 4.69) is 20.8 Å². The maximum Gasteiger partial charge on any atom is -0.00772 e. The van der Waals surface area contributed by atoms with E-state index in [1.807, 2.05) is 0 Å². The minimum Gasteiger partial charge on any atom is -0.330 e. The van der Waals surface area contributed by atoms with Crippen LogP contribution >= 0.6 is 0 Å². The van der Waals surface area contributed by atoms with Crippen LogP contribution in [0.2, 0.25) is 0 Å². The molecule has 0 spiro atoms. The molecule has 0 amide bonds. The minimum atomic E-state index is 0.515. The van der Waals surface area contributed by atoms with Gasteiger partial charge in [-0.3, -0.25) is 0 Å². The minimum absolute atomic E-state index is 0.515. The van der Waals surface area contributed by atoms with Gasteiger partial charge in [0.05, 0.1) is 0 Å². The molecule has 4 saturated carbocycles. The van der Waals surface area contributed by atoms with E-state index in [4.69, 9.17) is 5.73 Å². The Bertz CT molecular complexity index is 298. The van der Waals surface area contributed by atoms with Gasteiger partial charge in [-0.05, 0) is 86.0 Å². The smallest absolute Gasteiger partial charge is 0.00772 e. The lowest BCUT2D eigenvalue weighted by molar-refractivity contribution is -0.145. The Morgan fingerprint density at radius 2 is 1.67 bits per heavy atom. The first kappa shape index (κ1) is 13.0. The van der Waals surface area contributed by atoms with Crippen molar-refractivity contribution in [2.45, 2.75) is 65.7 Å². The fourth-order valence-corrected chi connectivity index (χ4v) is 5.87. The van der Waals surface area contributed by atoms with Crippen molar-refractivity contribution in [2.24, 2.45) is 40.2 Å². The van der Waals surface area contributed by atoms with Gasteiger partial charge >= 0.3 is 0 Å². The highest BCUT2D eigenvalue weighted by Gasteiger charge is 2.58. The van der Waals surface area contributed by atoms with Gasteiger partial charge in [0.25, 0.3) is 0 Å². The van der Waals surface area contributed by atoms with E-state index in [0.29, 0.717) is 10.8 Å². The number of hydrogen-bond donors (Lipinski definition) is 1. The predicted octanol–water partition coefficient (Wildman–Crippen LogP) is 4.21. The zero-order chi connectivity index (χ0) is 13.0. The van der Waals surface area contributed by atoms with Crippen LogP contribution in [0.1, 0.15) is 65.7 Å². The van der Waals surface area contributed by atoms with Gasteiger partial charge in [0, 0.05) is 0 Å². The molecule has 4 aliphatic carbocycles. The molecule has 1 nitrogen and oxygen atoms in total. The van der Waals surface area contributed by atoms with Gasteiger partial charge in [-0.25, -0.2) is 0 Å². The van der Waals surface area contributed by atoms with Crippen LogP contribution in [0.15, 0.2) is 0 Å². The lowest BCUT2D eigenvalue weighted by Gasteiger charge is -2.64. The molecule has 2 N–H and O–H groups in total. The summed E-state index contributed by atoms with van der Waals surface area (Å²) in [7, 11) is 0. The van der Waals surface area contributed by atoms with Crippen molar-refractivity contribution >= 4 is 0 Å². The summed E-state index contributed by atoms with van der Waals surface area (Å²) in [4.78, 5) is 0. The van der Waals surface area contributed by atoms with E-state index in [1.165, 1.54) is 32.1 Å². The predicted molar refractivity (Wildman–Crippen MR) is 77.2 cm³/mol. The van der Waals surface area contributed by atoms with Crippen LogP contribution in [0.3, 0.4) is 0 Å². The van der Waals surface area contributed by atoms with Gasteiger partial charge in [0.15, 0.2) is 0 Å². The summed E-state index contributed by atoms with van der Waals surface area (Å²) in [5.74, 6) is 4.18. The first-order chi connectivity index (χ1) is 8.45. The average molecular weight is 249 g/mol. The summed E-state index contributed by atoms with van der Waals surface area (Å²) in [6.07, 6.45) is 10.3. The van der Waals surface area contributed by atoms with E-state index in [9.17, 15) is 0 Å². The van der Waals surface area contributed by atoms with Crippen molar-refractivity contribution in [2.75, 3.05) is 6.54 Å². The molecule has 0 saturated heterocycles. The van der Waals surface area contributed by atoms with Crippen LogP contribution in [0.5, 0.6) is 0 Å². The molecule has 0 radical (unpaired) electrons. The summed E-state index contributed by atoms with van der Waals surface area (Å²) in [5.41, 5.74) is 6.93. The van der Waals surface area contributed by atoms with Crippen molar-refractivity contribution in [3.63, 3.8) is 0 Å². The zero-order valence-electron chi connectivity index (χ0n) is 12.5. The highest BCUT2D eigenvalue weighted by molar-refractivity contribution is 5.08. The van der Waals surface area contributed by atoms with Crippen LogP contribution in [-0.4, -0.2) is 6.54 Å². The van der Waals surface area contributed by atoms with Gasteiger partial charge in [-0.15, -0.1) is 0 Å². The molecule has 0 aromatic carbocycles. The molecule has 0 aromatic rings. The third-order valence-electron chi connectivity index (χ3n) is 6.80. The molecular weight excluding hydrogens is 218 g/mol. The first-order valence-corrected chi connectivity index (χ1v) is 8.15. The van der Waals surface area contributed by atoms with Crippen molar-refractivity contribution < 1.29 is 0 Å². The molecule has 0 aliphatic heterocycles. The van der Waals surface area contributed by atoms with Gasteiger partial charge in [-0.1, -0.05) is 20.8 Å². The van der Waals surface area contributed by atoms with Crippen molar-refractivity contribution in [3.05, 3.63) is 0 Å².